The van der Waals surface area contributed by atoms with Crippen molar-refractivity contribution in [3.63, 3.8) is 0 Å². The number of benzene rings is 2. The lowest BCUT2D eigenvalue weighted by atomic mass is 10.1. The van der Waals surface area contributed by atoms with E-state index in [4.69, 9.17) is 4.74 Å². The highest BCUT2D eigenvalue weighted by molar-refractivity contribution is 5.94. The van der Waals surface area contributed by atoms with Crippen LogP contribution in [0.3, 0.4) is 0 Å². The predicted octanol–water partition coefficient (Wildman–Crippen LogP) is 3.94. The number of rotatable bonds is 8. The van der Waals surface area contributed by atoms with E-state index in [1.54, 1.807) is 31.2 Å². The number of aromatic nitrogens is 1. The molecule has 1 amide bonds. The van der Waals surface area contributed by atoms with Crippen LogP contribution in [0.5, 0.6) is 5.75 Å². The van der Waals surface area contributed by atoms with E-state index in [1.807, 2.05) is 17.2 Å². The van der Waals surface area contributed by atoms with E-state index in [9.17, 15) is 9.59 Å². The highest BCUT2D eigenvalue weighted by Gasteiger charge is 2.21. The molecule has 6 nitrogen and oxygen atoms in total. The number of carbonyl (C=O) groups excluding carboxylic acids is 2. The Morgan fingerprint density at radius 2 is 1.72 bits per heavy atom. The van der Waals surface area contributed by atoms with Gasteiger partial charge < -0.3 is 9.64 Å². The van der Waals surface area contributed by atoms with Crippen LogP contribution < -0.4 is 4.74 Å². The number of Topliss-reactive ketones (excluding diaryl/α,β-unsaturated/α-hetero) is 1. The molecule has 0 spiro atoms. The summed E-state index contributed by atoms with van der Waals surface area (Å²) in [6.07, 6.45) is 3.00. The second-order valence-corrected chi connectivity index (χ2v) is 8.18. The number of carbonyl (C=O) groups is 2. The first kappa shape index (κ1) is 22.0. The zero-order valence-corrected chi connectivity index (χ0v) is 18.5. The second-order valence-electron chi connectivity index (χ2n) is 8.18. The molecule has 0 bridgehead atoms. The molecular weight excluding hydrogens is 402 g/mol. The molecule has 1 aromatic heterocycles. The van der Waals surface area contributed by atoms with Gasteiger partial charge in [0.25, 0.3) is 0 Å². The van der Waals surface area contributed by atoms with Crippen LogP contribution in [0.4, 0.5) is 0 Å². The highest BCUT2D eigenvalue weighted by Crippen LogP contribution is 2.19. The molecule has 0 aliphatic carbocycles. The summed E-state index contributed by atoms with van der Waals surface area (Å²) in [6, 6.07) is 17.5. The predicted molar refractivity (Wildman–Crippen MR) is 125 cm³/mol. The van der Waals surface area contributed by atoms with Crippen LogP contribution in [0.25, 0.3) is 10.9 Å². The molecule has 166 valence electrons. The lowest BCUT2D eigenvalue weighted by Crippen LogP contribution is -2.48. The van der Waals surface area contributed by atoms with Crippen LogP contribution in [0.1, 0.15) is 35.7 Å². The van der Waals surface area contributed by atoms with Gasteiger partial charge in [-0.1, -0.05) is 24.3 Å². The van der Waals surface area contributed by atoms with Crippen LogP contribution in [0, 0.1) is 0 Å². The van der Waals surface area contributed by atoms with Gasteiger partial charge in [0.15, 0.2) is 5.78 Å². The van der Waals surface area contributed by atoms with Crippen molar-refractivity contribution >= 4 is 22.6 Å². The lowest BCUT2D eigenvalue weighted by Gasteiger charge is -2.35. The maximum Gasteiger partial charge on any atom is 0.222 e. The minimum atomic E-state index is 0.0380. The molecule has 0 N–H and O–H groups in total. The van der Waals surface area contributed by atoms with Gasteiger partial charge in [-0.05, 0) is 49.2 Å². The summed E-state index contributed by atoms with van der Waals surface area (Å²) in [4.78, 5) is 32.8. The van der Waals surface area contributed by atoms with E-state index in [2.05, 4.69) is 34.1 Å². The topological polar surface area (TPSA) is 62.7 Å². The summed E-state index contributed by atoms with van der Waals surface area (Å²) in [6.45, 7) is 6.13. The molecule has 2 heterocycles. The Morgan fingerprint density at radius 1 is 0.969 bits per heavy atom. The molecule has 32 heavy (non-hydrogen) atoms. The van der Waals surface area contributed by atoms with E-state index in [0.29, 0.717) is 25.0 Å². The van der Waals surface area contributed by atoms with Crippen LogP contribution in [-0.4, -0.2) is 59.3 Å². The fourth-order valence-corrected chi connectivity index (χ4v) is 4.05. The van der Waals surface area contributed by atoms with Gasteiger partial charge in [-0.2, -0.15) is 0 Å². The molecule has 1 fully saturated rings. The number of piperazine rings is 1. The normalized spacial score (nSPS) is 14.5. The Kier molecular flexibility index (Phi) is 7.12. The van der Waals surface area contributed by atoms with Gasteiger partial charge in [-0.25, -0.2) is 0 Å². The largest absolute Gasteiger partial charge is 0.494 e. The van der Waals surface area contributed by atoms with Crippen molar-refractivity contribution in [3.8, 4) is 5.75 Å². The van der Waals surface area contributed by atoms with Crippen molar-refractivity contribution in [1.29, 1.82) is 0 Å². The lowest BCUT2D eigenvalue weighted by molar-refractivity contribution is -0.133. The zero-order chi connectivity index (χ0) is 22.3. The molecule has 0 unspecified atom stereocenters. The van der Waals surface area contributed by atoms with Crippen molar-refractivity contribution in [3.05, 3.63) is 71.9 Å². The third kappa shape index (κ3) is 5.51. The highest BCUT2D eigenvalue weighted by atomic mass is 16.5. The molecule has 0 radical (unpaired) electrons. The first-order valence-electron chi connectivity index (χ1n) is 11.2. The molecule has 2 aromatic carbocycles. The number of pyridine rings is 1. The number of ketones is 1. The summed E-state index contributed by atoms with van der Waals surface area (Å²) in [5, 5.41) is 1.16. The van der Waals surface area contributed by atoms with Crippen molar-refractivity contribution in [2.45, 2.75) is 26.3 Å². The smallest absolute Gasteiger partial charge is 0.222 e. The van der Waals surface area contributed by atoms with Gasteiger partial charge in [0.05, 0.1) is 12.1 Å². The Balaban J connectivity index is 1.18. The minimum Gasteiger partial charge on any atom is -0.494 e. The van der Waals surface area contributed by atoms with E-state index < -0.39 is 0 Å². The number of para-hydroxylation sites is 1. The average molecular weight is 432 g/mol. The van der Waals surface area contributed by atoms with Gasteiger partial charge in [0.1, 0.15) is 5.75 Å². The van der Waals surface area contributed by atoms with Gasteiger partial charge in [0, 0.05) is 56.3 Å². The van der Waals surface area contributed by atoms with Gasteiger partial charge in [-0.3, -0.25) is 19.5 Å². The van der Waals surface area contributed by atoms with E-state index in [-0.39, 0.29) is 11.7 Å². The van der Waals surface area contributed by atoms with E-state index in [1.165, 1.54) is 5.56 Å². The Morgan fingerprint density at radius 3 is 2.47 bits per heavy atom. The summed E-state index contributed by atoms with van der Waals surface area (Å²) in [5.74, 6) is 0.946. The van der Waals surface area contributed by atoms with Gasteiger partial charge >= 0.3 is 0 Å². The fraction of sp³-hybridized carbons (Fsp3) is 0.346. The number of hydrogen-bond acceptors (Lipinski definition) is 5. The molecule has 0 atom stereocenters. The van der Waals surface area contributed by atoms with Crippen molar-refractivity contribution in [2.75, 3.05) is 32.8 Å². The van der Waals surface area contributed by atoms with E-state index in [0.717, 1.165) is 49.4 Å². The van der Waals surface area contributed by atoms with Crippen LogP contribution >= 0.6 is 0 Å². The third-order valence-corrected chi connectivity index (χ3v) is 5.90. The summed E-state index contributed by atoms with van der Waals surface area (Å²) >= 11 is 0. The first-order chi connectivity index (χ1) is 15.6. The summed E-state index contributed by atoms with van der Waals surface area (Å²) in [5.41, 5.74) is 2.96. The molecule has 4 rings (SSSR count). The molecular formula is C26H29N3O3. The Labute approximate surface area is 188 Å². The second kappa shape index (κ2) is 10.4. The standard InChI is InChI=1S/C26H29N3O3/c1-20(30)21-9-11-24(12-10-21)32-18-4-8-25(31)29-16-14-28(15-17-29)19-23-6-2-5-22-7-3-13-27-26(22)23/h2-3,5-7,9-13H,4,8,14-19H2,1H3. The molecule has 1 aliphatic heterocycles. The molecule has 3 aromatic rings. The maximum absolute atomic E-state index is 12.6. The summed E-state index contributed by atoms with van der Waals surface area (Å²) in [7, 11) is 0. The quantitative estimate of drug-likeness (QED) is 0.399. The van der Waals surface area contributed by atoms with Crippen LogP contribution in [0.2, 0.25) is 0 Å². The summed E-state index contributed by atoms with van der Waals surface area (Å²) < 4.78 is 5.70. The molecule has 0 saturated carbocycles. The number of nitrogens with zero attached hydrogens (tertiary/aromatic N) is 3. The molecule has 1 saturated heterocycles. The SMILES string of the molecule is CC(=O)c1ccc(OCCCC(=O)N2CCN(Cc3cccc4cccnc34)CC2)cc1. The van der Waals surface area contributed by atoms with Crippen LogP contribution in [-0.2, 0) is 11.3 Å². The molecule has 1 aliphatic rings. The van der Waals surface area contributed by atoms with Gasteiger partial charge in [0.2, 0.25) is 5.91 Å². The number of amides is 1. The zero-order valence-electron chi connectivity index (χ0n) is 18.5. The third-order valence-electron chi connectivity index (χ3n) is 5.90. The Bertz CT molecular complexity index is 1070. The van der Waals surface area contributed by atoms with E-state index >= 15 is 0 Å². The first-order valence-corrected chi connectivity index (χ1v) is 11.2. The Hall–Kier alpha value is -3.25. The molecule has 6 heteroatoms. The van der Waals surface area contributed by atoms with Crippen LogP contribution in [0.15, 0.2) is 60.8 Å². The number of ether oxygens (including phenoxy) is 1. The van der Waals surface area contributed by atoms with Crippen molar-refractivity contribution in [1.82, 2.24) is 14.8 Å². The van der Waals surface area contributed by atoms with Crippen molar-refractivity contribution in [2.24, 2.45) is 0 Å². The maximum atomic E-state index is 12.6. The average Bonchev–Trinajstić information content (AvgIpc) is 2.83. The number of fused-ring (bicyclic) bond motifs is 1. The number of hydrogen-bond donors (Lipinski definition) is 0. The fourth-order valence-electron chi connectivity index (χ4n) is 4.05. The van der Waals surface area contributed by atoms with Crippen molar-refractivity contribution < 1.29 is 14.3 Å². The monoisotopic (exact) mass is 431 g/mol. The minimum absolute atomic E-state index is 0.0380. The van der Waals surface area contributed by atoms with Gasteiger partial charge in [-0.15, -0.1) is 0 Å².